The average molecular weight is 328 g/mol. The molecule has 0 aliphatic heterocycles. The normalized spacial score (nSPS) is 11.7. The molecule has 2 aromatic heterocycles. The van der Waals surface area contributed by atoms with Crippen LogP contribution < -0.4 is 0 Å². The third-order valence-corrected chi connectivity index (χ3v) is 3.10. The maximum absolute atomic E-state index is 14.2. The Morgan fingerprint density at radius 3 is 2.61 bits per heavy atom. The van der Waals surface area contributed by atoms with Crippen molar-refractivity contribution in [1.82, 2.24) is 9.97 Å². The molecule has 0 amide bonds. The van der Waals surface area contributed by atoms with E-state index in [0.717, 1.165) is 19.2 Å². The minimum atomic E-state index is -3.52. The zero-order chi connectivity index (χ0) is 17.2. The van der Waals surface area contributed by atoms with Gasteiger partial charge in [0.1, 0.15) is 18.1 Å². The van der Waals surface area contributed by atoms with Crippen LogP contribution in [0.25, 0.3) is 11.0 Å². The Kier molecular flexibility index (Phi) is 4.84. The maximum atomic E-state index is 14.2. The summed E-state index contributed by atoms with van der Waals surface area (Å²) in [5.74, 6) is -5.10. The van der Waals surface area contributed by atoms with Crippen molar-refractivity contribution in [2.75, 3.05) is 20.3 Å². The molecule has 0 atom stereocenters. The van der Waals surface area contributed by atoms with E-state index in [9.17, 15) is 18.0 Å². The number of nitrogens with zero attached hydrogens (tertiary/aromatic N) is 2. The van der Waals surface area contributed by atoms with Crippen molar-refractivity contribution in [2.24, 2.45) is 0 Å². The van der Waals surface area contributed by atoms with E-state index >= 15 is 0 Å². The van der Waals surface area contributed by atoms with Crippen LogP contribution in [-0.2, 0) is 15.4 Å². The molecule has 0 saturated carbocycles. The predicted molar refractivity (Wildman–Crippen MR) is 76.0 cm³/mol. The lowest BCUT2D eigenvalue weighted by Crippen LogP contribution is -2.26. The van der Waals surface area contributed by atoms with Crippen molar-refractivity contribution in [3.05, 3.63) is 34.9 Å². The third kappa shape index (κ3) is 3.42. The van der Waals surface area contributed by atoms with Crippen LogP contribution in [0.2, 0.25) is 0 Å². The van der Waals surface area contributed by atoms with Crippen LogP contribution in [0.3, 0.4) is 0 Å². The molecule has 0 spiro atoms. The molecular formula is C15H15F3N2O3. The van der Waals surface area contributed by atoms with Crippen molar-refractivity contribution in [1.29, 1.82) is 0 Å². The topological polar surface area (TPSA) is 61.3 Å². The molecule has 0 radical (unpaired) electrons. The van der Waals surface area contributed by atoms with E-state index in [2.05, 4.69) is 14.7 Å². The molecule has 0 bridgehead atoms. The average Bonchev–Trinajstić information content (AvgIpc) is 2.47. The maximum Gasteiger partial charge on any atom is 0.340 e. The van der Waals surface area contributed by atoms with Gasteiger partial charge in [-0.3, -0.25) is 0 Å². The summed E-state index contributed by atoms with van der Waals surface area (Å²) < 4.78 is 51.3. The first-order valence-electron chi connectivity index (χ1n) is 6.82. The number of fused-ring (bicyclic) bond motifs is 1. The van der Waals surface area contributed by atoms with Gasteiger partial charge in [0.2, 0.25) is 0 Å². The number of carbonyl (C=O) groups is 1. The number of rotatable bonds is 5. The quantitative estimate of drug-likeness (QED) is 0.790. The molecule has 8 heteroatoms. The molecule has 23 heavy (non-hydrogen) atoms. The lowest BCUT2D eigenvalue weighted by molar-refractivity contribution is -0.0736. The summed E-state index contributed by atoms with van der Waals surface area (Å²) in [5, 5.41) is 0.133. The standard InChI is InChI=1S/C15H15F3N2O3/c1-4-23-14(21)10-5-9-6-11(16)8(2)19-13(9)20-12(10)15(17,18)7-22-3/h5-6H,4,7H2,1-3H3. The predicted octanol–water partition coefficient (Wildman–Crippen LogP) is 2.99. The Hall–Kier alpha value is -2.22. The Labute approximate surface area is 130 Å². The van der Waals surface area contributed by atoms with Crippen molar-refractivity contribution < 1.29 is 27.4 Å². The summed E-state index contributed by atoms with van der Waals surface area (Å²) >= 11 is 0. The largest absolute Gasteiger partial charge is 0.462 e. The zero-order valence-electron chi connectivity index (χ0n) is 12.8. The first-order chi connectivity index (χ1) is 10.8. The summed E-state index contributed by atoms with van der Waals surface area (Å²) in [7, 11) is 1.11. The molecule has 0 N–H and O–H groups in total. The van der Waals surface area contributed by atoms with Gasteiger partial charge in [-0.25, -0.2) is 19.2 Å². The smallest absolute Gasteiger partial charge is 0.340 e. The van der Waals surface area contributed by atoms with Gasteiger partial charge in [0.15, 0.2) is 5.65 Å². The highest BCUT2D eigenvalue weighted by Gasteiger charge is 2.38. The highest BCUT2D eigenvalue weighted by Crippen LogP contribution is 2.32. The second-order valence-corrected chi connectivity index (χ2v) is 4.84. The second kappa shape index (κ2) is 6.49. The number of esters is 1. The van der Waals surface area contributed by atoms with Gasteiger partial charge in [-0.05, 0) is 26.0 Å². The van der Waals surface area contributed by atoms with Crippen LogP contribution in [0.5, 0.6) is 0 Å². The van der Waals surface area contributed by atoms with Crippen LogP contribution in [0.15, 0.2) is 12.1 Å². The number of halogens is 3. The van der Waals surface area contributed by atoms with Crippen LogP contribution in [0.1, 0.15) is 28.7 Å². The van der Waals surface area contributed by atoms with Crippen LogP contribution in [0.4, 0.5) is 13.2 Å². The fourth-order valence-electron chi connectivity index (χ4n) is 2.06. The van der Waals surface area contributed by atoms with Gasteiger partial charge in [0.25, 0.3) is 0 Å². The van der Waals surface area contributed by atoms with Gasteiger partial charge >= 0.3 is 11.9 Å². The number of alkyl halides is 2. The molecule has 5 nitrogen and oxygen atoms in total. The van der Waals surface area contributed by atoms with E-state index in [4.69, 9.17) is 4.74 Å². The first-order valence-corrected chi connectivity index (χ1v) is 6.82. The first kappa shape index (κ1) is 17.1. The van der Waals surface area contributed by atoms with Gasteiger partial charge < -0.3 is 9.47 Å². The molecule has 0 fully saturated rings. The molecule has 0 aliphatic carbocycles. The van der Waals surface area contributed by atoms with E-state index in [0.29, 0.717) is 0 Å². The molecule has 2 rings (SSSR count). The molecule has 124 valence electrons. The lowest BCUT2D eigenvalue weighted by atomic mass is 10.1. The van der Waals surface area contributed by atoms with Crippen LogP contribution in [-0.4, -0.2) is 36.3 Å². The van der Waals surface area contributed by atoms with Crippen LogP contribution >= 0.6 is 0 Å². The van der Waals surface area contributed by atoms with Gasteiger partial charge in [-0.2, -0.15) is 8.78 Å². The van der Waals surface area contributed by atoms with Gasteiger partial charge in [-0.1, -0.05) is 0 Å². The molecular weight excluding hydrogens is 313 g/mol. The third-order valence-electron chi connectivity index (χ3n) is 3.10. The minimum Gasteiger partial charge on any atom is -0.462 e. The minimum absolute atomic E-state index is 0.00662. The van der Waals surface area contributed by atoms with E-state index in [1.807, 2.05) is 0 Å². The zero-order valence-corrected chi connectivity index (χ0v) is 12.8. The Morgan fingerprint density at radius 2 is 2.00 bits per heavy atom. The summed E-state index contributed by atoms with van der Waals surface area (Å²) in [6, 6.07) is 2.19. The number of ether oxygens (including phenoxy) is 2. The fraction of sp³-hybridized carbons (Fsp3) is 0.400. The summed E-state index contributed by atoms with van der Waals surface area (Å²) in [4.78, 5) is 19.6. The molecule has 2 heterocycles. The molecule has 0 aromatic carbocycles. The number of hydrogen-bond acceptors (Lipinski definition) is 5. The number of pyridine rings is 2. The van der Waals surface area contributed by atoms with Crippen molar-refractivity contribution in [2.45, 2.75) is 19.8 Å². The lowest BCUT2D eigenvalue weighted by Gasteiger charge is -2.18. The summed E-state index contributed by atoms with van der Waals surface area (Å²) in [6.07, 6.45) is 0. The van der Waals surface area contributed by atoms with Gasteiger partial charge in [0.05, 0.1) is 17.9 Å². The molecule has 0 unspecified atom stereocenters. The number of hydrogen-bond donors (Lipinski definition) is 0. The fourth-order valence-corrected chi connectivity index (χ4v) is 2.06. The number of carbonyl (C=O) groups excluding carboxylic acids is 1. The SMILES string of the molecule is CCOC(=O)c1cc2cc(F)c(C)nc2nc1C(F)(F)COC. The highest BCUT2D eigenvalue weighted by molar-refractivity contribution is 5.94. The van der Waals surface area contributed by atoms with Crippen molar-refractivity contribution in [3.63, 3.8) is 0 Å². The van der Waals surface area contributed by atoms with Gasteiger partial charge in [-0.15, -0.1) is 0 Å². The molecule has 0 aliphatic rings. The number of aromatic nitrogens is 2. The number of methoxy groups -OCH3 is 1. The number of aryl methyl sites for hydroxylation is 1. The molecule has 0 saturated heterocycles. The van der Waals surface area contributed by atoms with Crippen LogP contribution in [0, 0.1) is 12.7 Å². The Bertz CT molecular complexity index is 750. The summed E-state index contributed by atoms with van der Waals surface area (Å²) in [5.41, 5.74) is -1.30. The van der Waals surface area contributed by atoms with E-state index in [1.54, 1.807) is 6.92 Å². The highest BCUT2D eigenvalue weighted by atomic mass is 19.3. The van der Waals surface area contributed by atoms with Crippen molar-refractivity contribution >= 4 is 17.0 Å². The van der Waals surface area contributed by atoms with Gasteiger partial charge in [0, 0.05) is 12.5 Å². The Balaban J connectivity index is 2.72. The van der Waals surface area contributed by atoms with E-state index in [-0.39, 0.29) is 23.3 Å². The summed E-state index contributed by atoms with van der Waals surface area (Å²) in [6.45, 7) is 1.98. The monoisotopic (exact) mass is 328 g/mol. The second-order valence-electron chi connectivity index (χ2n) is 4.84. The van der Waals surface area contributed by atoms with Crippen molar-refractivity contribution in [3.8, 4) is 0 Å². The Morgan fingerprint density at radius 1 is 1.30 bits per heavy atom. The van der Waals surface area contributed by atoms with E-state index < -0.39 is 35.6 Å². The molecule has 2 aromatic rings. The van der Waals surface area contributed by atoms with E-state index in [1.165, 1.54) is 6.92 Å².